The van der Waals surface area contributed by atoms with Gasteiger partial charge in [-0.15, -0.1) is 11.3 Å². The molecule has 0 aliphatic carbocycles. The minimum absolute atomic E-state index is 0.0134. The van der Waals surface area contributed by atoms with Gasteiger partial charge in [0, 0.05) is 28.8 Å². The molecule has 1 heterocycles. The first kappa shape index (κ1) is 25.7. The van der Waals surface area contributed by atoms with Crippen molar-refractivity contribution >= 4 is 23.2 Å². The maximum atomic E-state index is 13.3. The van der Waals surface area contributed by atoms with Crippen LogP contribution in [-0.4, -0.2) is 55.0 Å². The van der Waals surface area contributed by atoms with Gasteiger partial charge in [0.1, 0.15) is 0 Å². The average molecular weight is 461 g/mol. The largest absolute Gasteiger partial charge is 0.493 e. The van der Waals surface area contributed by atoms with E-state index in [1.807, 2.05) is 43.9 Å². The van der Waals surface area contributed by atoms with Crippen LogP contribution < -0.4 is 9.47 Å². The van der Waals surface area contributed by atoms with E-state index in [4.69, 9.17) is 9.47 Å². The van der Waals surface area contributed by atoms with Gasteiger partial charge >= 0.3 is 0 Å². The molecule has 0 spiro atoms. The minimum Gasteiger partial charge on any atom is -0.493 e. The Morgan fingerprint density at radius 3 is 2.31 bits per heavy atom. The van der Waals surface area contributed by atoms with Crippen LogP contribution in [-0.2, 0) is 22.6 Å². The molecule has 0 fully saturated rings. The molecule has 2 aromatic rings. The Bertz CT molecular complexity index is 896. The predicted octanol–water partition coefficient (Wildman–Crippen LogP) is 4.68. The van der Waals surface area contributed by atoms with Crippen LogP contribution >= 0.6 is 11.3 Å². The van der Waals surface area contributed by atoms with Crippen LogP contribution in [0.4, 0.5) is 0 Å². The molecule has 0 aliphatic rings. The number of methoxy groups -OCH3 is 2. The summed E-state index contributed by atoms with van der Waals surface area (Å²) in [6.45, 7) is 9.14. The van der Waals surface area contributed by atoms with Gasteiger partial charge in [-0.2, -0.15) is 0 Å². The van der Waals surface area contributed by atoms with Crippen LogP contribution in [0.25, 0.3) is 0 Å². The predicted molar refractivity (Wildman–Crippen MR) is 129 cm³/mol. The van der Waals surface area contributed by atoms with Crippen LogP contribution in [0, 0.1) is 6.92 Å². The van der Waals surface area contributed by atoms with Crippen LogP contribution in [0.1, 0.15) is 48.9 Å². The van der Waals surface area contributed by atoms with Crippen molar-refractivity contribution in [1.82, 2.24) is 9.80 Å². The lowest BCUT2D eigenvalue weighted by molar-refractivity contribution is -0.142. The third kappa shape index (κ3) is 6.99. The van der Waals surface area contributed by atoms with Crippen molar-refractivity contribution in [3.8, 4) is 11.5 Å². The summed E-state index contributed by atoms with van der Waals surface area (Å²) in [4.78, 5) is 31.7. The van der Waals surface area contributed by atoms with Gasteiger partial charge in [0.15, 0.2) is 11.5 Å². The highest BCUT2D eigenvalue weighted by Crippen LogP contribution is 2.28. The normalized spacial score (nSPS) is 11.7. The summed E-state index contributed by atoms with van der Waals surface area (Å²) in [5.74, 6) is 1.34. The maximum Gasteiger partial charge on any atom is 0.242 e. The number of carbonyl (C=O) groups excluding carboxylic acids is 2. The Labute approximate surface area is 196 Å². The first-order valence-electron chi connectivity index (χ1n) is 11.2. The van der Waals surface area contributed by atoms with E-state index in [2.05, 4.69) is 19.1 Å². The van der Waals surface area contributed by atoms with Gasteiger partial charge in [0.05, 0.1) is 27.3 Å². The molecule has 176 valence electrons. The first-order valence-corrected chi connectivity index (χ1v) is 12.0. The number of rotatable bonds is 12. The number of nitrogens with zero attached hydrogens (tertiary/aromatic N) is 2. The zero-order chi connectivity index (χ0) is 23.7. The first-order chi connectivity index (χ1) is 15.3. The number of hydrogen-bond acceptors (Lipinski definition) is 5. The zero-order valence-corrected chi connectivity index (χ0v) is 21.0. The van der Waals surface area contributed by atoms with E-state index in [1.165, 1.54) is 4.88 Å². The van der Waals surface area contributed by atoms with Crippen molar-refractivity contribution in [2.75, 3.05) is 27.3 Å². The molecular weight excluding hydrogens is 424 g/mol. The van der Waals surface area contributed by atoms with E-state index >= 15 is 0 Å². The Morgan fingerprint density at radius 1 is 1.03 bits per heavy atom. The lowest BCUT2D eigenvalue weighted by atomic mass is 10.1. The summed E-state index contributed by atoms with van der Waals surface area (Å²) >= 11 is 1.70. The highest BCUT2D eigenvalue weighted by Gasteiger charge is 2.24. The van der Waals surface area contributed by atoms with Gasteiger partial charge in [-0.1, -0.05) is 19.9 Å². The lowest BCUT2D eigenvalue weighted by Crippen LogP contribution is -2.46. The monoisotopic (exact) mass is 460 g/mol. The van der Waals surface area contributed by atoms with Gasteiger partial charge in [0.25, 0.3) is 0 Å². The number of ether oxygens (including phenoxy) is 2. The van der Waals surface area contributed by atoms with Crippen molar-refractivity contribution in [3.05, 3.63) is 45.6 Å². The summed E-state index contributed by atoms with van der Waals surface area (Å²) in [5.41, 5.74) is 1.06. The van der Waals surface area contributed by atoms with Crippen molar-refractivity contribution in [3.63, 3.8) is 0 Å². The molecule has 32 heavy (non-hydrogen) atoms. The minimum atomic E-state index is -0.0290. The molecule has 2 amide bonds. The molecule has 0 aliphatic heterocycles. The second-order valence-corrected chi connectivity index (χ2v) is 9.27. The van der Waals surface area contributed by atoms with Crippen LogP contribution in [0.5, 0.6) is 11.5 Å². The number of amides is 2. The molecule has 0 bridgehead atoms. The molecule has 1 unspecified atom stereocenters. The summed E-state index contributed by atoms with van der Waals surface area (Å²) in [6.07, 6.45) is 1.89. The van der Waals surface area contributed by atoms with E-state index in [9.17, 15) is 9.59 Å². The van der Waals surface area contributed by atoms with Crippen LogP contribution in [0.3, 0.4) is 0 Å². The van der Waals surface area contributed by atoms with E-state index in [-0.39, 0.29) is 24.4 Å². The fourth-order valence-corrected chi connectivity index (χ4v) is 4.42. The number of aryl methyl sites for hydroxylation is 1. The second kappa shape index (κ2) is 12.5. The van der Waals surface area contributed by atoms with E-state index < -0.39 is 0 Å². The summed E-state index contributed by atoms with van der Waals surface area (Å²) in [5, 5.41) is 0. The SMILES string of the molecule is CCC(=O)N(CC(=O)N(CCc1ccc(OC)c(OC)c1)Cc1ccc(C)s1)C(C)CC. The lowest BCUT2D eigenvalue weighted by Gasteiger charge is -2.31. The average Bonchev–Trinajstić information content (AvgIpc) is 3.23. The molecule has 0 saturated carbocycles. The molecule has 1 aromatic heterocycles. The van der Waals surface area contributed by atoms with Crippen molar-refractivity contribution in [2.45, 2.75) is 59.5 Å². The number of carbonyl (C=O) groups is 2. The molecule has 7 heteroatoms. The Balaban J connectivity index is 2.19. The highest BCUT2D eigenvalue weighted by atomic mass is 32.1. The van der Waals surface area contributed by atoms with Crippen LogP contribution in [0.15, 0.2) is 30.3 Å². The smallest absolute Gasteiger partial charge is 0.242 e. The number of thiophene rings is 1. The molecule has 1 atom stereocenters. The summed E-state index contributed by atoms with van der Waals surface area (Å²) in [6, 6.07) is 9.99. The standard InChI is InChI=1S/C25H36N2O4S/c1-7-18(3)27(24(28)8-2)17-25(29)26(16-21-11-9-19(4)32-21)14-13-20-10-12-22(30-5)23(15-20)31-6/h9-12,15,18H,7-8,13-14,16-17H2,1-6H3. The van der Waals surface area contributed by atoms with E-state index in [0.717, 1.165) is 16.9 Å². The molecule has 1 aromatic carbocycles. The third-order valence-corrected chi connectivity index (χ3v) is 6.65. The van der Waals surface area contributed by atoms with Gasteiger partial charge in [0.2, 0.25) is 11.8 Å². The molecule has 0 N–H and O–H groups in total. The molecular formula is C25H36N2O4S. The topological polar surface area (TPSA) is 59.1 Å². The molecule has 0 radical (unpaired) electrons. The van der Waals surface area contributed by atoms with E-state index in [0.29, 0.717) is 37.4 Å². The maximum absolute atomic E-state index is 13.3. The molecule has 6 nitrogen and oxygen atoms in total. The fraction of sp³-hybridized carbons (Fsp3) is 0.520. The van der Waals surface area contributed by atoms with Crippen molar-refractivity contribution < 1.29 is 19.1 Å². The Kier molecular flexibility index (Phi) is 10.0. The van der Waals surface area contributed by atoms with Crippen molar-refractivity contribution in [2.24, 2.45) is 0 Å². The summed E-state index contributed by atoms with van der Waals surface area (Å²) in [7, 11) is 3.23. The van der Waals surface area contributed by atoms with Gasteiger partial charge in [-0.3, -0.25) is 9.59 Å². The summed E-state index contributed by atoms with van der Waals surface area (Å²) < 4.78 is 10.7. The Hall–Kier alpha value is -2.54. The number of benzene rings is 1. The highest BCUT2D eigenvalue weighted by molar-refractivity contribution is 7.11. The third-order valence-electron chi connectivity index (χ3n) is 5.67. The van der Waals surface area contributed by atoms with Gasteiger partial charge in [-0.05, 0) is 56.5 Å². The Morgan fingerprint density at radius 2 is 1.75 bits per heavy atom. The quantitative estimate of drug-likeness (QED) is 0.461. The zero-order valence-electron chi connectivity index (χ0n) is 20.1. The van der Waals surface area contributed by atoms with Gasteiger partial charge < -0.3 is 19.3 Å². The van der Waals surface area contributed by atoms with Crippen LogP contribution in [0.2, 0.25) is 0 Å². The molecule has 2 rings (SSSR count). The number of hydrogen-bond donors (Lipinski definition) is 0. The van der Waals surface area contributed by atoms with E-state index in [1.54, 1.807) is 30.5 Å². The van der Waals surface area contributed by atoms with Crippen molar-refractivity contribution in [1.29, 1.82) is 0 Å². The van der Waals surface area contributed by atoms with Gasteiger partial charge in [-0.25, -0.2) is 0 Å². The molecule has 0 saturated heterocycles. The second-order valence-electron chi connectivity index (χ2n) is 7.90. The fourth-order valence-electron chi connectivity index (χ4n) is 3.51.